The summed E-state index contributed by atoms with van der Waals surface area (Å²) in [6.45, 7) is 0.0420. The van der Waals surface area contributed by atoms with Gasteiger partial charge < -0.3 is 30.6 Å². The van der Waals surface area contributed by atoms with Crippen LogP contribution >= 0.6 is 7.75 Å². The van der Waals surface area contributed by atoms with Crippen molar-refractivity contribution in [2.24, 2.45) is 11.8 Å². The Bertz CT molecular complexity index is 697. The number of aliphatic carboxylic acids is 4. The van der Waals surface area contributed by atoms with Gasteiger partial charge in [0.1, 0.15) is 6.04 Å². The monoisotopic (exact) mass is 456 g/mol. The van der Waals surface area contributed by atoms with E-state index in [4.69, 9.17) is 20.4 Å². The van der Waals surface area contributed by atoms with Crippen LogP contribution in [0.15, 0.2) is 0 Å². The van der Waals surface area contributed by atoms with E-state index in [1.54, 1.807) is 5.09 Å². The zero-order chi connectivity index (χ0) is 23.5. The minimum absolute atomic E-state index is 0.0259. The van der Waals surface area contributed by atoms with Gasteiger partial charge in [0.05, 0.1) is 18.4 Å². The fourth-order valence-electron chi connectivity index (χ4n) is 1.95. The number of carboxylic acids is 4. The first kappa shape index (κ1) is 27.5. The van der Waals surface area contributed by atoms with Crippen molar-refractivity contribution < 1.29 is 58.4 Å². The Balaban J connectivity index is 4.68. The Labute approximate surface area is 170 Å². The molecule has 0 heterocycles. The van der Waals surface area contributed by atoms with Gasteiger partial charge in [-0.1, -0.05) is 6.92 Å². The number of nitrogens with one attached hydrogen (secondary N) is 2. The quantitative estimate of drug-likeness (QED) is 0.143. The number of hydrogen-bond acceptors (Lipinski definition) is 7. The average Bonchev–Trinajstić information content (AvgIpc) is 2.62. The number of rotatable bonds is 16. The molecule has 15 heteroatoms. The summed E-state index contributed by atoms with van der Waals surface area (Å²) in [4.78, 5) is 64.8. The topological polar surface area (TPSA) is 237 Å². The molecule has 0 aromatic heterocycles. The highest BCUT2D eigenvalue weighted by molar-refractivity contribution is 7.50. The molecular weight excluding hydrogens is 431 g/mol. The summed E-state index contributed by atoms with van der Waals surface area (Å²) >= 11 is 0. The van der Waals surface area contributed by atoms with Gasteiger partial charge in [-0.3, -0.25) is 28.5 Å². The van der Waals surface area contributed by atoms with E-state index in [0.717, 1.165) is 0 Å². The van der Waals surface area contributed by atoms with Crippen molar-refractivity contribution in [1.29, 1.82) is 0 Å². The summed E-state index contributed by atoms with van der Waals surface area (Å²) < 4.78 is 16.5. The Morgan fingerprint density at radius 2 is 1.53 bits per heavy atom. The molecule has 172 valence electrons. The van der Waals surface area contributed by atoms with Crippen LogP contribution in [0, 0.1) is 11.8 Å². The fourth-order valence-corrected chi connectivity index (χ4v) is 3.04. The first-order valence-electron chi connectivity index (χ1n) is 8.67. The van der Waals surface area contributed by atoms with E-state index < -0.39 is 81.4 Å². The third-order valence-corrected chi connectivity index (χ3v) is 4.97. The predicted molar refractivity (Wildman–Crippen MR) is 97.4 cm³/mol. The number of carboxylic acid groups (broad SMARTS) is 4. The smallest absolute Gasteiger partial charge is 0.403 e. The molecule has 7 N–H and O–H groups in total. The minimum atomic E-state index is -4.81. The van der Waals surface area contributed by atoms with Crippen LogP contribution in [0.5, 0.6) is 0 Å². The molecule has 0 aliphatic carbocycles. The number of amides is 1. The molecule has 0 radical (unpaired) electrons. The van der Waals surface area contributed by atoms with Crippen LogP contribution in [0.2, 0.25) is 0 Å². The maximum absolute atomic E-state index is 12.0. The molecule has 0 aliphatic rings. The second kappa shape index (κ2) is 12.9. The molecule has 1 unspecified atom stereocenters. The van der Waals surface area contributed by atoms with Crippen molar-refractivity contribution in [3.8, 4) is 0 Å². The van der Waals surface area contributed by atoms with Crippen molar-refractivity contribution in [2.45, 2.75) is 38.6 Å². The normalized spacial score (nSPS) is 15.9. The van der Waals surface area contributed by atoms with Crippen LogP contribution in [0.1, 0.15) is 32.6 Å². The van der Waals surface area contributed by atoms with E-state index in [2.05, 4.69) is 9.84 Å². The molecule has 0 rings (SSSR count). The summed E-state index contributed by atoms with van der Waals surface area (Å²) in [5.74, 6) is -8.36. The third kappa shape index (κ3) is 12.1. The fraction of sp³-hybridized carbons (Fsp3) is 0.667. The molecule has 0 aromatic rings. The van der Waals surface area contributed by atoms with E-state index in [1.807, 2.05) is 0 Å². The molecule has 0 aromatic carbocycles. The van der Waals surface area contributed by atoms with Crippen molar-refractivity contribution in [3.05, 3.63) is 0 Å². The highest BCUT2D eigenvalue weighted by Crippen LogP contribution is 2.38. The van der Waals surface area contributed by atoms with Gasteiger partial charge in [-0.05, 0) is 12.8 Å². The first-order valence-corrected chi connectivity index (χ1v) is 10.2. The standard InChI is InChI=1S/C15H25N2O12P/c1-8(13(21)22)2-4-11(18)16-6-9(14(23)24)7-29-30(27,28)17-10(15(25)26)3-5-12(19)20/h8-10H,2-7H2,1H3,(H,16,18)(H,19,20)(H,21,22)(H,23,24)(H,25,26)(H2,17,27,28)/t8-,9+,10-/m0/s1. The van der Waals surface area contributed by atoms with E-state index in [1.165, 1.54) is 6.92 Å². The van der Waals surface area contributed by atoms with E-state index >= 15 is 0 Å². The molecule has 0 spiro atoms. The van der Waals surface area contributed by atoms with Gasteiger partial charge in [0.15, 0.2) is 0 Å². The summed E-state index contributed by atoms with van der Waals surface area (Å²) in [7, 11) is -4.81. The highest BCUT2D eigenvalue weighted by atomic mass is 31.2. The lowest BCUT2D eigenvalue weighted by Crippen LogP contribution is -2.38. The van der Waals surface area contributed by atoms with Gasteiger partial charge >= 0.3 is 31.6 Å². The molecule has 4 atom stereocenters. The van der Waals surface area contributed by atoms with Gasteiger partial charge in [0.2, 0.25) is 5.91 Å². The largest absolute Gasteiger partial charge is 0.481 e. The van der Waals surface area contributed by atoms with Crippen molar-refractivity contribution in [1.82, 2.24) is 10.4 Å². The molecule has 0 fully saturated rings. The maximum atomic E-state index is 12.0. The Morgan fingerprint density at radius 1 is 0.933 bits per heavy atom. The molecule has 0 bridgehead atoms. The molecule has 14 nitrogen and oxygen atoms in total. The van der Waals surface area contributed by atoms with Crippen LogP contribution < -0.4 is 10.4 Å². The van der Waals surface area contributed by atoms with Gasteiger partial charge in [0, 0.05) is 19.4 Å². The average molecular weight is 456 g/mol. The SMILES string of the molecule is C[C@@H](CCC(=O)NC[C@H](COP(=O)(O)N[C@@H](CCC(=O)O)C(=O)O)C(=O)O)C(=O)O. The van der Waals surface area contributed by atoms with Gasteiger partial charge in [-0.25, -0.2) is 9.65 Å². The second-order valence-corrected chi connectivity index (χ2v) is 7.94. The minimum Gasteiger partial charge on any atom is -0.481 e. The lowest BCUT2D eigenvalue weighted by molar-refractivity contribution is -0.143. The van der Waals surface area contributed by atoms with Crippen LogP contribution in [-0.4, -0.2) is 74.3 Å². The van der Waals surface area contributed by atoms with Gasteiger partial charge in [0.25, 0.3) is 0 Å². The van der Waals surface area contributed by atoms with Crippen molar-refractivity contribution in [3.63, 3.8) is 0 Å². The van der Waals surface area contributed by atoms with Crippen LogP contribution in [-0.2, 0) is 33.1 Å². The number of carbonyl (C=O) groups excluding carboxylic acids is 1. The Morgan fingerprint density at radius 3 is 2.00 bits per heavy atom. The first-order chi connectivity index (χ1) is 13.7. The molecule has 0 saturated carbocycles. The van der Waals surface area contributed by atoms with E-state index in [0.29, 0.717) is 0 Å². The summed E-state index contributed by atoms with van der Waals surface area (Å²) in [6.07, 6.45) is -1.28. The van der Waals surface area contributed by atoms with Crippen molar-refractivity contribution >= 4 is 37.5 Å². The maximum Gasteiger partial charge on any atom is 0.403 e. The molecular formula is C15H25N2O12P. The van der Waals surface area contributed by atoms with Crippen LogP contribution in [0.25, 0.3) is 0 Å². The third-order valence-electron chi connectivity index (χ3n) is 3.84. The molecule has 0 aliphatic heterocycles. The zero-order valence-electron chi connectivity index (χ0n) is 16.0. The lowest BCUT2D eigenvalue weighted by Gasteiger charge is -2.20. The second-order valence-electron chi connectivity index (χ2n) is 6.39. The highest BCUT2D eigenvalue weighted by Gasteiger charge is 2.31. The van der Waals surface area contributed by atoms with Crippen molar-refractivity contribution in [2.75, 3.05) is 13.2 Å². The number of carbonyl (C=O) groups is 5. The van der Waals surface area contributed by atoms with Gasteiger partial charge in [-0.2, -0.15) is 0 Å². The van der Waals surface area contributed by atoms with Crippen LogP contribution in [0.4, 0.5) is 0 Å². The lowest BCUT2D eigenvalue weighted by atomic mass is 10.1. The summed E-state index contributed by atoms with van der Waals surface area (Å²) in [5.41, 5.74) is 0. The molecule has 30 heavy (non-hydrogen) atoms. The summed E-state index contributed by atoms with van der Waals surface area (Å²) in [5, 5.41) is 39.4. The van der Waals surface area contributed by atoms with Gasteiger partial charge in [-0.15, -0.1) is 0 Å². The number of hydrogen-bond donors (Lipinski definition) is 7. The van der Waals surface area contributed by atoms with Crippen LogP contribution in [0.3, 0.4) is 0 Å². The van der Waals surface area contributed by atoms with E-state index in [9.17, 15) is 33.4 Å². The molecule has 0 saturated heterocycles. The zero-order valence-corrected chi connectivity index (χ0v) is 16.9. The Hall–Kier alpha value is -2.54. The predicted octanol–water partition coefficient (Wildman–Crippen LogP) is -0.671. The van der Waals surface area contributed by atoms with E-state index in [-0.39, 0.29) is 12.8 Å². The molecule has 1 amide bonds. The summed E-state index contributed by atoms with van der Waals surface area (Å²) in [6, 6.07) is -1.73. The Kier molecular flexibility index (Phi) is 11.8.